The van der Waals surface area contributed by atoms with Gasteiger partial charge < -0.3 is 10.1 Å². The lowest BCUT2D eigenvalue weighted by molar-refractivity contribution is -0.0361. The molecule has 0 saturated heterocycles. The summed E-state index contributed by atoms with van der Waals surface area (Å²) in [5.74, 6) is -2.02. The predicted molar refractivity (Wildman–Crippen MR) is 103 cm³/mol. The average Bonchev–Trinajstić information content (AvgIpc) is 3.16. The molecule has 0 amide bonds. The Hall–Kier alpha value is -3.17. The fourth-order valence-electron chi connectivity index (χ4n) is 3.30. The van der Waals surface area contributed by atoms with Crippen LogP contribution in [0.3, 0.4) is 0 Å². The summed E-state index contributed by atoms with van der Waals surface area (Å²) in [7, 11) is 0. The smallest absolute Gasteiger partial charge is 0.316 e. The topological polar surface area (TPSA) is 77.8 Å². The summed E-state index contributed by atoms with van der Waals surface area (Å²) in [6.07, 6.45) is 4.30. The van der Waals surface area contributed by atoms with Crippen LogP contribution in [0.2, 0.25) is 0 Å². The van der Waals surface area contributed by atoms with E-state index >= 15 is 0 Å². The molecule has 10 heteroatoms. The molecule has 4 rings (SSSR count). The first kappa shape index (κ1) is 20.1. The number of hydrogen-bond acceptors (Lipinski definition) is 6. The molecule has 1 fully saturated rings. The van der Waals surface area contributed by atoms with E-state index in [1.165, 1.54) is 0 Å². The molecular weight excluding hydrogens is 397 g/mol. The van der Waals surface area contributed by atoms with Crippen molar-refractivity contribution in [3.05, 3.63) is 53.9 Å². The average molecular weight is 418 g/mol. The lowest BCUT2D eigenvalue weighted by Crippen LogP contribution is -2.32. The van der Waals surface area contributed by atoms with Crippen molar-refractivity contribution in [1.29, 1.82) is 0 Å². The summed E-state index contributed by atoms with van der Waals surface area (Å²) in [5, 5.41) is 7.64. The molecule has 0 spiro atoms. The zero-order valence-electron chi connectivity index (χ0n) is 16.4. The van der Waals surface area contributed by atoms with Crippen LogP contribution in [0.4, 0.5) is 19.0 Å². The van der Waals surface area contributed by atoms with E-state index in [9.17, 15) is 13.2 Å². The Morgan fingerprint density at radius 2 is 1.93 bits per heavy atom. The normalized spacial score (nSPS) is 16.4. The third-order valence-corrected chi connectivity index (χ3v) is 4.86. The SMILES string of the molecule is Cc1ccn(-c2cc(COc3ncc(F)cn3)cc(NC3CCC(F)(F)CC3)n2)n1. The number of aromatic nitrogens is 5. The molecule has 1 aliphatic rings. The summed E-state index contributed by atoms with van der Waals surface area (Å²) in [5.41, 5.74) is 1.59. The molecule has 1 N–H and O–H groups in total. The van der Waals surface area contributed by atoms with Crippen LogP contribution in [0.25, 0.3) is 5.82 Å². The predicted octanol–water partition coefficient (Wildman–Crippen LogP) is 4.07. The highest BCUT2D eigenvalue weighted by atomic mass is 19.3. The number of rotatable bonds is 6. The van der Waals surface area contributed by atoms with Crippen LogP contribution >= 0.6 is 0 Å². The highest BCUT2D eigenvalue weighted by molar-refractivity contribution is 5.44. The van der Waals surface area contributed by atoms with E-state index in [2.05, 4.69) is 25.4 Å². The molecule has 0 aromatic carbocycles. The van der Waals surface area contributed by atoms with Gasteiger partial charge in [-0.1, -0.05) is 0 Å². The van der Waals surface area contributed by atoms with Crippen molar-refractivity contribution in [2.75, 3.05) is 5.32 Å². The molecule has 3 aromatic heterocycles. The Balaban J connectivity index is 1.54. The number of anilines is 1. The van der Waals surface area contributed by atoms with Gasteiger partial charge >= 0.3 is 6.01 Å². The molecule has 0 aliphatic heterocycles. The fourth-order valence-corrected chi connectivity index (χ4v) is 3.30. The Morgan fingerprint density at radius 1 is 1.20 bits per heavy atom. The maximum Gasteiger partial charge on any atom is 0.316 e. The number of hydrogen-bond donors (Lipinski definition) is 1. The van der Waals surface area contributed by atoms with Crippen LogP contribution in [0.5, 0.6) is 6.01 Å². The molecule has 1 aliphatic carbocycles. The maximum atomic E-state index is 13.4. The van der Waals surface area contributed by atoms with E-state index in [0.717, 1.165) is 23.7 Å². The number of pyridine rings is 1. The van der Waals surface area contributed by atoms with Gasteiger partial charge in [-0.15, -0.1) is 0 Å². The van der Waals surface area contributed by atoms with Gasteiger partial charge in [-0.3, -0.25) is 0 Å². The number of nitrogens with zero attached hydrogens (tertiary/aromatic N) is 5. The Kier molecular flexibility index (Phi) is 5.56. The molecule has 1 saturated carbocycles. The van der Waals surface area contributed by atoms with E-state index in [1.54, 1.807) is 23.0 Å². The monoisotopic (exact) mass is 418 g/mol. The molecule has 158 valence electrons. The first-order chi connectivity index (χ1) is 14.4. The minimum atomic E-state index is -2.59. The summed E-state index contributed by atoms with van der Waals surface area (Å²) in [4.78, 5) is 12.1. The molecule has 3 heterocycles. The molecule has 0 radical (unpaired) electrons. The van der Waals surface area contributed by atoms with Crippen molar-refractivity contribution in [2.24, 2.45) is 0 Å². The van der Waals surface area contributed by atoms with Gasteiger partial charge in [0.1, 0.15) is 12.4 Å². The second-order valence-electron chi connectivity index (χ2n) is 7.37. The van der Waals surface area contributed by atoms with E-state index in [0.29, 0.717) is 24.5 Å². The molecule has 0 unspecified atom stereocenters. The third-order valence-electron chi connectivity index (χ3n) is 4.86. The minimum absolute atomic E-state index is 0.0497. The van der Waals surface area contributed by atoms with E-state index in [-0.39, 0.29) is 31.5 Å². The Bertz CT molecular complexity index is 998. The number of halogens is 3. The maximum absolute atomic E-state index is 13.4. The third kappa shape index (κ3) is 5.05. The summed E-state index contributed by atoms with van der Waals surface area (Å²) < 4.78 is 47.0. The fraction of sp³-hybridized carbons (Fsp3) is 0.400. The molecule has 0 bridgehead atoms. The largest absolute Gasteiger partial charge is 0.459 e. The zero-order valence-corrected chi connectivity index (χ0v) is 16.4. The van der Waals surface area contributed by atoms with Crippen molar-refractivity contribution in [2.45, 2.75) is 51.2 Å². The van der Waals surface area contributed by atoms with Gasteiger partial charge in [0, 0.05) is 25.1 Å². The quantitative estimate of drug-likeness (QED) is 0.650. The molecule has 3 aromatic rings. The number of alkyl halides is 2. The summed E-state index contributed by atoms with van der Waals surface area (Å²) >= 11 is 0. The van der Waals surface area contributed by atoms with Crippen LogP contribution < -0.4 is 10.1 Å². The highest BCUT2D eigenvalue weighted by Crippen LogP contribution is 2.34. The van der Waals surface area contributed by atoms with Gasteiger partial charge in [0.2, 0.25) is 5.92 Å². The first-order valence-electron chi connectivity index (χ1n) is 9.65. The number of nitrogens with one attached hydrogen (secondary N) is 1. The van der Waals surface area contributed by atoms with E-state index in [4.69, 9.17) is 4.74 Å². The van der Waals surface area contributed by atoms with Gasteiger partial charge in [-0.25, -0.2) is 32.8 Å². The van der Waals surface area contributed by atoms with Gasteiger partial charge in [-0.05, 0) is 43.5 Å². The van der Waals surface area contributed by atoms with Gasteiger partial charge in [0.15, 0.2) is 11.6 Å². The first-order valence-corrected chi connectivity index (χ1v) is 9.65. The Labute approximate surface area is 171 Å². The van der Waals surface area contributed by atoms with Crippen LogP contribution in [-0.4, -0.2) is 36.7 Å². The van der Waals surface area contributed by atoms with Crippen molar-refractivity contribution in [3.8, 4) is 11.8 Å². The standard InChI is InChI=1S/C20H21F3N6O/c1-13-4-7-29(28-13)18-9-14(12-30-19-24-10-15(21)11-25-19)8-17(27-18)26-16-2-5-20(22,23)6-3-16/h4,7-11,16H,2-3,5-6,12H2,1H3,(H,26,27). The Morgan fingerprint density at radius 3 is 2.60 bits per heavy atom. The molecule has 30 heavy (non-hydrogen) atoms. The van der Waals surface area contributed by atoms with Crippen LogP contribution in [0.1, 0.15) is 36.9 Å². The lowest BCUT2D eigenvalue weighted by Gasteiger charge is -2.29. The van der Waals surface area contributed by atoms with E-state index in [1.807, 2.05) is 13.0 Å². The van der Waals surface area contributed by atoms with Crippen LogP contribution in [0, 0.1) is 12.7 Å². The number of ether oxygens (including phenoxy) is 1. The molecule has 0 atom stereocenters. The summed E-state index contributed by atoms with van der Waals surface area (Å²) in [6.45, 7) is 2.00. The second-order valence-corrected chi connectivity index (χ2v) is 7.37. The molecular formula is C20H21F3N6O. The minimum Gasteiger partial charge on any atom is -0.459 e. The van der Waals surface area contributed by atoms with Crippen molar-refractivity contribution in [3.63, 3.8) is 0 Å². The van der Waals surface area contributed by atoms with Crippen molar-refractivity contribution >= 4 is 5.82 Å². The summed E-state index contributed by atoms with van der Waals surface area (Å²) in [6, 6.07) is 5.41. The number of aryl methyl sites for hydroxylation is 1. The van der Waals surface area contributed by atoms with Gasteiger partial charge in [0.25, 0.3) is 0 Å². The lowest BCUT2D eigenvalue weighted by atomic mass is 9.92. The zero-order chi connectivity index (χ0) is 21.1. The molecule has 7 nitrogen and oxygen atoms in total. The second kappa shape index (κ2) is 8.29. The highest BCUT2D eigenvalue weighted by Gasteiger charge is 2.35. The van der Waals surface area contributed by atoms with Crippen LogP contribution in [-0.2, 0) is 6.61 Å². The van der Waals surface area contributed by atoms with Crippen molar-refractivity contribution < 1.29 is 17.9 Å². The van der Waals surface area contributed by atoms with Gasteiger partial charge in [-0.2, -0.15) is 5.10 Å². The van der Waals surface area contributed by atoms with Crippen LogP contribution in [0.15, 0.2) is 36.8 Å². The van der Waals surface area contributed by atoms with Crippen molar-refractivity contribution in [1.82, 2.24) is 24.7 Å². The van der Waals surface area contributed by atoms with E-state index < -0.39 is 11.7 Å². The van der Waals surface area contributed by atoms with Gasteiger partial charge in [0.05, 0.1) is 18.1 Å².